The van der Waals surface area contributed by atoms with Gasteiger partial charge in [0.25, 0.3) is 0 Å². The first-order valence-corrected chi connectivity index (χ1v) is 4.66. The zero-order valence-electron chi connectivity index (χ0n) is 7.93. The summed E-state index contributed by atoms with van der Waals surface area (Å²) in [7, 11) is 0. The van der Waals surface area contributed by atoms with Gasteiger partial charge in [0.05, 0.1) is 11.4 Å². The highest BCUT2D eigenvalue weighted by Gasteiger charge is 2.16. The summed E-state index contributed by atoms with van der Waals surface area (Å²) in [6.07, 6.45) is -0.252. The van der Waals surface area contributed by atoms with Gasteiger partial charge in [-0.25, -0.2) is 8.78 Å². The summed E-state index contributed by atoms with van der Waals surface area (Å²) < 4.78 is 26.3. The van der Waals surface area contributed by atoms with Crippen molar-refractivity contribution in [2.75, 3.05) is 0 Å². The van der Waals surface area contributed by atoms with Gasteiger partial charge >= 0.3 is 5.97 Å². The lowest BCUT2D eigenvalue weighted by atomic mass is 9.97. The predicted molar refractivity (Wildman–Crippen MR) is 52.0 cm³/mol. The van der Waals surface area contributed by atoms with E-state index in [1.54, 1.807) is 0 Å². The number of hydrogen-bond donors (Lipinski definition) is 1. The highest BCUT2D eigenvalue weighted by Crippen LogP contribution is 2.26. The van der Waals surface area contributed by atoms with Gasteiger partial charge in [-0.1, -0.05) is 18.5 Å². The molecule has 1 unspecified atom stereocenters. The van der Waals surface area contributed by atoms with Crippen LogP contribution in [0.4, 0.5) is 8.78 Å². The number of halogens is 3. The van der Waals surface area contributed by atoms with Crippen molar-refractivity contribution in [3.63, 3.8) is 0 Å². The Kier molecular flexibility index (Phi) is 3.63. The van der Waals surface area contributed by atoms with E-state index in [-0.39, 0.29) is 17.0 Å². The van der Waals surface area contributed by atoms with Crippen LogP contribution in [0.3, 0.4) is 0 Å². The van der Waals surface area contributed by atoms with Crippen molar-refractivity contribution >= 4 is 17.6 Å². The fourth-order valence-electron chi connectivity index (χ4n) is 1.29. The van der Waals surface area contributed by atoms with E-state index in [2.05, 4.69) is 0 Å². The summed E-state index contributed by atoms with van der Waals surface area (Å²) in [6, 6.07) is 1.79. The molecule has 0 fully saturated rings. The van der Waals surface area contributed by atoms with E-state index in [0.29, 0.717) is 0 Å². The first-order chi connectivity index (χ1) is 6.91. The maximum absolute atomic E-state index is 13.3. The van der Waals surface area contributed by atoms with Gasteiger partial charge in [0.1, 0.15) is 11.6 Å². The van der Waals surface area contributed by atoms with Crippen LogP contribution in [-0.4, -0.2) is 11.1 Å². The van der Waals surface area contributed by atoms with Gasteiger partial charge in [-0.2, -0.15) is 0 Å². The van der Waals surface area contributed by atoms with Crippen molar-refractivity contribution in [3.05, 3.63) is 34.4 Å². The van der Waals surface area contributed by atoms with E-state index < -0.39 is 23.5 Å². The first kappa shape index (κ1) is 11.9. The van der Waals surface area contributed by atoms with Crippen LogP contribution in [0.1, 0.15) is 24.8 Å². The summed E-state index contributed by atoms with van der Waals surface area (Å²) in [4.78, 5) is 10.4. The molecule has 1 rings (SSSR count). The minimum Gasteiger partial charge on any atom is -0.481 e. The number of aliphatic carboxylic acids is 1. The Balaban J connectivity index is 3.03. The Bertz CT molecular complexity index is 393. The van der Waals surface area contributed by atoms with Crippen molar-refractivity contribution in [2.24, 2.45) is 0 Å². The number of carbonyl (C=O) groups is 1. The Morgan fingerprint density at radius 2 is 2.07 bits per heavy atom. The zero-order chi connectivity index (χ0) is 11.6. The van der Waals surface area contributed by atoms with E-state index in [0.717, 1.165) is 12.1 Å². The number of benzene rings is 1. The molecular formula is C10H9ClF2O2. The van der Waals surface area contributed by atoms with Gasteiger partial charge in [0.15, 0.2) is 0 Å². The van der Waals surface area contributed by atoms with Crippen LogP contribution in [0, 0.1) is 11.6 Å². The zero-order valence-corrected chi connectivity index (χ0v) is 8.68. The Morgan fingerprint density at radius 3 is 2.60 bits per heavy atom. The van der Waals surface area contributed by atoms with Gasteiger partial charge in [-0.3, -0.25) is 4.79 Å². The molecule has 5 heteroatoms. The molecule has 0 aliphatic carbocycles. The van der Waals surface area contributed by atoms with Gasteiger partial charge in [-0.15, -0.1) is 0 Å². The average Bonchev–Trinajstić information content (AvgIpc) is 2.09. The summed E-state index contributed by atoms with van der Waals surface area (Å²) in [6.45, 7) is 1.51. The molecule has 0 bridgehead atoms. The lowest BCUT2D eigenvalue weighted by Gasteiger charge is -2.10. The van der Waals surface area contributed by atoms with Crippen LogP contribution in [0.25, 0.3) is 0 Å². The minimum atomic E-state index is -1.06. The van der Waals surface area contributed by atoms with Crippen LogP contribution >= 0.6 is 11.6 Å². The van der Waals surface area contributed by atoms with Gasteiger partial charge in [0, 0.05) is 0 Å². The summed E-state index contributed by atoms with van der Waals surface area (Å²) in [5.74, 6) is -3.08. The van der Waals surface area contributed by atoms with Gasteiger partial charge in [0.2, 0.25) is 0 Å². The minimum absolute atomic E-state index is 0.0271. The number of hydrogen-bond acceptors (Lipinski definition) is 1. The normalized spacial score (nSPS) is 12.5. The van der Waals surface area contributed by atoms with Gasteiger partial charge < -0.3 is 5.11 Å². The molecule has 1 aromatic carbocycles. The molecule has 1 N–H and O–H groups in total. The maximum atomic E-state index is 13.3. The lowest BCUT2D eigenvalue weighted by Crippen LogP contribution is -2.05. The lowest BCUT2D eigenvalue weighted by molar-refractivity contribution is -0.137. The van der Waals surface area contributed by atoms with Crippen LogP contribution in [0.2, 0.25) is 5.02 Å². The highest BCUT2D eigenvalue weighted by atomic mass is 35.5. The molecule has 0 radical (unpaired) electrons. The predicted octanol–water partition coefficient (Wildman–Crippen LogP) is 3.20. The first-order valence-electron chi connectivity index (χ1n) is 4.28. The van der Waals surface area contributed by atoms with Crippen LogP contribution < -0.4 is 0 Å². The van der Waals surface area contributed by atoms with Crippen LogP contribution in [0.15, 0.2) is 12.1 Å². The molecule has 0 amide bonds. The van der Waals surface area contributed by atoms with Crippen LogP contribution in [-0.2, 0) is 4.79 Å². The molecule has 0 saturated heterocycles. The molecular weight excluding hydrogens is 226 g/mol. The maximum Gasteiger partial charge on any atom is 0.303 e. The quantitative estimate of drug-likeness (QED) is 0.816. The smallest absolute Gasteiger partial charge is 0.303 e. The molecule has 0 spiro atoms. The fraction of sp³-hybridized carbons (Fsp3) is 0.300. The number of carboxylic acids is 1. The van der Waals surface area contributed by atoms with Gasteiger partial charge in [-0.05, 0) is 23.6 Å². The molecule has 1 aromatic rings. The van der Waals surface area contributed by atoms with E-state index >= 15 is 0 Å². The molecule has 0 aromatic heterocycles. The number of rotatable bonds is 3. The molecule has 1 atom stereocenters. The Labute approximate surface area is 90.5 Å². The summed E-state index contributed by atoms with van der Waals surface area (Å²) >= 11 is 5.37. The molecule has 0 saturated carbocycles. The standard InChI is InChI=1S/C10H9ClF2O2/c1-5(2-10(14)15)6-3-9(13)7(11)4-8(6)12/h3-5H,2H2,1H3,(H,14,15). The molecule has 0 heterocycles. The van der Waals surface area contributed by atoms with E-state index in [4.69, 9.17) is 16.7 Å². The topological polar surface area (TPSA) is 37.3 Å². The molecule has 82 valence electrons. The van der Waals surface area contributed by atoms with E-state index in [9.17, 15) is 13.6 Å². The number of carboxylic acid groups (broad SMARTS) is 1. The second-order valence-electron chi connectivity index (χ2n) is 3.29. The largest absolute Gasteiger partial charge is 0.481 e. The molecule has 2 nitrogen and oxygen atoms in total. The van der Waals surface area contributed by atoms with Crippen LogP contribution in [0.5, 0.6) is 0 Å². The summed E-state index contributed by atoms with van der Waals surface area (Å²) in [5.41, 5.74) is 0.0271. The van der Waals surface area contributed by atoms with E-state index in [1.807, 2.05) is 0 Å². The highest BCUT2D eigenvalue weighted by molar-refractivity contribution is 6.30. The van der Waals surface area contributed by atoms with Crippen molar-refractivity contribution in [1.29, 1.82) is 0 Å². The van der Waals surface area contributed by atoms with Crippen molar-refractivity contribution in [3.8, 4) is 0 Å². The molecule has 15 heavy (non-hydrogen) atoms. The van der Waals surface area contributed by atoms with Crippen molar-refractivity contribution in [1.82, 2.24) is 0 Å². The van der Waals surface area contributed by atoms with E-state index in [1.165, 1.54) is 6.92 Å². The SMILES string of the molecule is CC(CC(=O)O)c1cc(F)c(Cl)cc1F. The third-order valence-corrected chi connectivity index (χ3v) is 2.34. The second kappa shape index (κ2) is 4.57. The average molecular weight is 235 g/mol. The monoisotopic (exact) mass is 234 g/mol. The van der Waals surface area contributed by atoms with Crippen molar-refractivity contribution in [2.45, 2.75) is 19.3 Å². The fourth-order valence-corrected chi connectivity index (χ4v) is 1.44. The molecule has 0 aliphatic heterocycles. The Morgan fingerprint density at radius 1 is 1.47 bits per heavy atom. The third-order valence-electron chi connectivity index (χ3n) is 2.05. The van der Waals surface area contributed by atoms with Crippen molar-refractivity contribution < 1.29 is 18.7 Å². The second-order valence-corrected chi connectivity index (χ2v) is 3.69. The summed E-state index contributed by atoms with van der Waals surface area (Å²) in [5, 5.41) is 8.21. The Hall–Kier alpha value is -1.16. The third kappa shape index (κ3) is 2.89. The molecule has 0 aliphatic rings.